The summed E-state index contributed by atoms with van der Waals surface area (Å²) in [6.07, 6.45) is 1.39. The first-order valence-electron chi connectivity index (χ1n) is 10.7. The number of ether oxygens (including phenoxy) is 1. The lowest BCUT2D eigenvalue weighted by Gasteiger charge is -2.34. The summed E-state index contributed by atoms with van der Waals surface area (Å²) in [5, 5.41) is 18.0. The van der Waals surface area contributed by atoms with E-state index in [4.69, 9.17) is 4.74 Å². The summed E-state index contributed by atoms with van der Waals surface area (Å²) < 4.78 is 7.17. The van der Waals surface area contributed by atoms with Crippen LogP contribution in [-0.4, -0.2) is 28.2 Å². The molecular weight excluding hydrogens is 440 g/mol. The Hall–Kier alpha value is -3.46. The molecule has 33 heavy (non-hydrogen) atoms. The van der Waals surface area contributed by atoms with Crippen LogP contribution >= 0.6 is 11.8 Å². The van der Waals surface area contributed by atoms with Crippen LogP contribution in [0.5, 0.6) is 11.6 Å². The van der Waals surface area contributed by atoms with Crippen LogP contribution in [-0.2, 0) is 9.59 Å². The highest BCUT2D eigenvalue weighted by Crippen LogP contribution is 2.43. The van der Waals surface area contributed by atoms with Gasteiger partial charge < -0.3 is 9.84 Å². The highest BCUT2D eigenvalue weighted by atomic mass is 32.2. The molecule has 0 spiro atoms. The molecule has 9 heteroatoms. The lowest BCUT2D eigenvalue weighted by molar-refractivity contribution is -0.764. The van der Waals surface area contributed by atoms with Crippen LogP contribution in [0.1, 0.15) is 44.0 Å². The number of aromatic nitrogens is 3. The van der Waals surface area contributed by atoms with Gasteiger partial charge in [-0.1, -0.05) is 54.1 Å². The fraction of sp³-hybridized carbons (Fsp3) is 0.292. The summed E-state index contributed by atoms with van der Waals surface area (Å²) in [7, 11) is 0. The minimum Gasteiger partial charge on any atom is -0.854 e. The summed E-state index contributed by atoms with van der Waals surface area (Å²) in [4.78, 5) is 31.2. The minimum atomic E-state index is -0.830. The monoisotopic (exact) mass is 464 g/mol. The van der Waals surface area contributed by atoms with Crippen molar-refractivity contribution >= 4 is 29.3 Å². The number of amides is 1. The maximum absolute atomic E-state index is 13.3. The largest absolute Gasteiger partial charge is 0.854 e. The van der Waals surface area contributed by atoms with E-state index in [0.717, 1.165) is 5.56 Å². The van der Waals surface area contributed by atoms with E-state index in [1.807, 2.05) is 25.1 Å². The molecule has 3 aromatic rings. The third-order valence-corrected chi connectivity index (χ3v) is 5.96. The van der Waals surface area contributed by atoms with Crippen molar-refractivity contribution in [2.75, 3.05) is 11.2 Å². The molecule has 1 aliphatic rings. The molecule has 170 valence electrons. The summed E-state index contributed by atoms with van der Waals surface area (Å²) in [5.74, 6) is -0.667. The van der Waals surface area contributed by atoms with Gasteiger partial charge in [0, 0.05) is 17.9 Å². The molecule has 0 saturated heterocycles. The third kappa shape index (κ3) is 4.04. The van der Waals surface area contributed by atoms with Gasteiger partial charge in [0.05, 0.1) is 22.7 Å². The second-order valence-corrected chi connectivity index (χ2v) is 8.35. The summed E-state index contributed by atoms with van der Waals surface area (Å²) in [6.45, 7) is 5.41. The Labute approximate surface area is 196 Å². The van der Waals surface area contributed by atoms with Crippen molar-refractivity contribution in [3.05, 3.63) is 53.6 Å². The molecule has 2 heterocycles. The van der Waals surface area contributed by atoms with E-state index >= 15 is 0 Å². The second-order valence-electron chi connectivity index (χ2n) is 7.57. The van der Waals surface area contributed by atoms with Gasteiger partial charge in [0.15, 0.2) is 0 Å². The number of hydrogen-bond donors (Lipinski definition) is 0. The van der Waals surface area contributed by atoms with Crippen LogP contribution in [0.25, 0.3) is 11.3 Å². The van der Waals surface area contributed by atoms with E-state index in [2.05, 4.69) is 10.1 Å². The zero-order valence-electron chi connectivity index (χ0n) is 18.9. The highest BCUT2D eigenvalue weighted by molar-refractivity contribution is 7.98. The Balaban J connectivity index is 2.07. The number of para-hydroxylation sites is 1. The van der Waals surface area contributed by atoms with Crippen LogP contribution in [0, 0.1) is 6.92 Å². The van der Waals surface area contributed by atoms with Crippen molar-refractivity contribution in [3.8, 4) is 22.9 Å². The topological polar surface area (TPSA) is 99.3 Å². The fourth-order valence-corrected chi connectivity index (χ4v) is 4.24. The average molecular weight is 465 g/mol. The molecule has 0 aliphatic carbocycles. The van der Waals surface area contributed by atoms with Crippen LogP contribution in [0.15, 0.2) is 47.6 Å². The Bertz CT molecular complexity index is 1250. The number of fused-ring (bicyclic) bond motifs is 3. The van der Waals surface area contributed by atoms with Gasteiger partial charge in [0.2, 0.25) is 5.91 Å². The lowest BCUT2D eigenvalue weighted by Crippen LogP contribution is -2.59. The molecule has 0 N–H and O–H groups in total. The molecular formula is C24H24N4O4S. The standard InChI is InChI=1S/C24H24N4O4S/c1-5-19(29)27-17-10-8-7-9-15(17)21-22(31)25-24(33-4)26-28(21)23(27)16-13-14(3)11-12-18(16)32-20(30)6-2/h7-13,23H,5-6H2,1-4H3. The maximum atomic E-state index is 13.3. The SMILES string of the molecule is CCC(=O)Oc1ccc(C)cc1C1N(C(=O)CC)c2ccccc2-c2c([O-])nc(SC)n[n+]21. The Kier molecular flexibility index (Phi) is 6.33. The van der Waals surface area contributed by atoms with Gasteiger partial charge in [0.1, 0.15) is 5.75 Å². The van der Waals surface area contributed by atoms with E-state index in [-0.39, 0.29) is 29.6 Å². The molecule has 8 nitrogen and oxygen atoms in total. The Morgan fingerprint density at radius 1 is 1.18 bits per heavy atom. The van der Waals surface area contributed by atoms with Gasteiger partial charge in [-0.2, -0.15) is 0 Å². The smallest absolute Gasteiger partial charge is 0.310 e. The van der Waals surface area contributed by atoms with Crippen molar-refractivity contribution in [1.82, 2.24) is 10.1 Å². The number of carbonyl (C=O) groups excluding carboxylic acids is 2. The highest BCUT2D eigenvalue weighted by Gasteiger charge is 2.45. The number of hydrogen-bond acceptors (Lipinski definition) is 7. The molecule has 1 aromatic heterocycles. The number of aryl methyl sites for hydroxylation is 1. The average Bonchev–Trinajstić information content (AvgIpc) is 2.83. The second kappa shape index (κ2) is 9.19. The molecule has 2 aromatic carbocycles. The van der Waals surface area contributed by atoms with E-state index in [1.165, 1.54) is 16.4 Å². The normalized spacial score (nSPS) is 14.4. The predicted molar refractivity (Wildman–Crippen MR) is 122 cm³/mol. The molecule has 4 rings (SSSR count). The van der Waals surface area contributed by atoms with Crippen molar-refractivity contribution in [1.29, 1.82) is 0 Å². The van der Waals surface area contributed by atoms with Gasteiger partial charge in [-0.05, 0) is 37.4 Å². The number of nitrogens with zero attached hydrogens (tertiary/aromatic N) is 4. The van der Waals surface area contributed by atoms with E-state index < -0.39 is 18.0 Å². The number of carbonyl (C=O) groups is 2. The molecule has 0 saturated carbocycles. The van der Waals surface area contributed by atoms with Crippen molar-refractivity contribution in [2.24, 2.45) is 0 Å². The number of anilines is 1. The number of rotatable bonds is 5. The van der Waals surface area contributed by atoms with Gasteiger partial charge in [-0.25, -0.2) is 9.88 Å². The molecule has 0 radical (unpaired) electrons. The number of benzene rings is 2. The fourth-order valence-electron chi connectivity index (χ4n) is 3.90. The molecule has 0 fully saturated rings. The molecule has 1 aliphatic heterocycles. The third-order valence-electron chi connectivity index (χ3n) is 5.43. The van der Waals surface area contributed by atoms with Gasteiger partial charge in [-0.3, -0.25) is 9.59 Å². The summed E-state index contributed by atoms with van der Waals surface area (Å²) in [5.41, 5.74) is 2.91. The lowest BCUT2D eigenvalue weighted by atomic mass is 9.99. The van der Waals surface area contributed by atoms with Crippen LogP contribution in [0.2, 0.25) is 0 Å². The summed E-state index contributed by atoms with van der Waals surface area (Å²) >= 11 is 1.24. The minimum absolute atomic E-state index is 0.156. The first-order chi connectivity index (χ1) is 15.9. The quantitative estimate of drug-likeness (QED) is 0.247. The first kappa shape index (κ1) is 22.7. The zero-order chi connectivity index (χ0) is 23.7. The van der Waals surface area contributed by atoms with Gasteiger partial charge in [-0.15, -0.1) is 0 Å². The van der Waals surface area contributed by atoms with Crippen LogP contribution in [0.3, 0.4) is 0 Å². The Morgan fingerprint density at radius 2 is 1.94 bits per heavy atom. The first-order valence-corrected chi connectivity index (χ1v) is 11.9. The van der Waals surface area contributed by atoms with Crippen LogP contribution < -0.4 is 19.4 Å². The predicted octanol–water partition coefficient (Wildman–Crippen LogP) is 3.15. The van der Waals surface area contributed by atoms with E-state index in [0.29, 0.717) is 22.6 Å². The maximum Gasteiger partial charge on any atom is 0.310 e. The van der Waals surface area contributed by atoms with E-state index in [1.54, 1.807) is 49.3 Å². The number of thioether (sulfide) groups is 1. The number of esters is 1. The Morgan fingerprint density at radius 3 is 2.64 bits per heavy atom. The summed E-state index contributed by atoms with van der Waals surface area (Å²) in [6, 6.07) is 12.6. The molecule has 1 unspecified atom stereocenters. The molecule has 0 bridgehead atoms. The molecule has 1 amide bonds. The van der Waals surface area contributed by atoms with Gasteiger partial charge in [0.25, 0.3) is 17.0 Å². The van der Waals surface area contributed by atoms with Crippen molar-refractivity contribution < 1.29 is 24.1 Å². The van der Waals surface area contributed by atoms with Crippen LogP contribution in [0.4, 0.5) is 5.69 Å². The van der Waals surface area contributed by atoms with Gasteiger partial charge >= 0.3 is 5.97 Å². The zero-order valence-corrected chi connectivity index (χ0v) is 19.7. The van der Waals surface area contributed by atoms with E-state index in [9.17, 15) is 14.7 Å². The molecule has 1 atom stereocenters. The van der Waals surface area contributed by atoms with Crippen molar-refractivity contribution in [2.45, 2.75) is 44.9 Å². The van der Waals surface area contributed by atoms with Crippen molar-refractivity contribution in [3.63, 3.8) is 0 Å².